The van der Waals surface area contributed by atoms with Crippen molar-refractivity contribution >= 4 is 33.7 Å². The molecule has 1 heterocycles. The summed E-state index contributed by atoms with van der Waals surface area (Å²) < 4.78 is 2.59. The van der Waals surface area contributed by atoms with Crippen molar-refractivity contribution in [1.82, 2.24) is 0 Å². The summed E-state index contributed by atoms with van der Waals surface area (Å²) in [5.74, 6) is 0. The van der Waals surface area contributed by atoms with Gasteiger partial charge in [-0.2, -0.15) is 0 Å². The Labute approximate surface area is 296 Å². The highest BCUT2D eigenvalue weighted by molar-refractivity contribution is 14.2. The van der Waals surface area contributed by atoms with E-state index in [1.165, 1.54) is 74.0 Å². The maximum atomic E-state index is 5.46. The third-order valence-electron chi connectivity index (χ3n) is 10.2. The van der Waals surface area contributed by atoms with Crippen molar-refractivity contribution in [2.45, 2.75) is 5.41 Å². The van der Waals surface area contributed by atoms with E-state index in [0.29, 0.717) is 0 Å². The zero-order valence-electron chi connectivity index (χ0n) is 26.6. The first-order chi connectivity index (χ1) is 24.3. The lowest BCUT2D eigenvalue weighted by Gasteiger charge is -2.30. The molecular formula is C47H30IN. The molecule has 0 bridgehead atoms. The van der Waals surface area contributed by atoms with Gasteiger partial charge in [-0.3, -0.25) is 0 Å². The number of rotatable bonds is 4. The normalized spacial score (nSPS) is 14.8. The van der Waals surface area contributed by atoms with Crippen LogP contribution in [0.5, 0.6) is 0 Å². The summed E-state index contributed by atoms with van der Waals surface area (Å²) >= 11 is -0.516. The molecule has 0 saturated heterocycles. The fourth-order valence-corrected chi connectivity index (χ4v) is 10.8. The third-order valence-corrected chi connectivity index (χ3v) is 13.1. The molecule has 230 valence electrons. The molecule has 2 heteroatoms. The van der Waals surface area contributed by atoms with E-state index >= 15 is 0 Å². The summed E-state index contributed by atoms with van der Waals surface area (Å²) in [7, 11) is 0. The second-order valence-corrected chi connectivity index (χ2v) is 15.6. The van der Waals surface area contributed by atoms with Crippen LogP contribution in [0, 0.1) is 0 Å². The van der Waals surface area contributed by atoms with Crippen LogP contribution in [0.25, 0.3) is 39.1 Å². The monoisotopic (exact) mass is 735 g/mol. The molecular weight excluding hydrogens is 705 g/mol. The lowest BCUT2D eigenvalue weighted by molar-refractivity contribution is 0.793. The Balaban J connectivity index is 1.19. The fourth-order valence-electron chi connectivity index (χ4n) is 8.12. The molecule has 0 unspecified atom stereocenters. The van der Waals surface area contributed by atoms with Gasteiger partial charge in [0.05, 0.1) is 11.1 Å². The van der Waals surface area contributed by atoms with Gasteiger partial charge in [0.15, 0.2) is 0 Å². The second-order valence-electron chi connectivity index (χ2n) is 12.8. The van der Waals surface area contributed by atoms with Crippen LogP contribution in [0.1, 0.15) is 38.9 Å². The highest BCUT2D eigenvalue weighted by atomic mass is 127. The van der Waals surface area contributed by atoms with E-state index in [0.717, 1.165) is 11.3 Å². The number of aliphatic imine (C=N–C) groups is 1. The fraction of sp³-hybridized carbons (Fsp3) is 0.0213. The van der Waals surface area contributed by atoms with Crippen molar-refractivity contribution in [3.63, 3.8) is 0 Å². The molecule has 0 aromatic heterocycles. The van der Waals surface area contributed by atoms with Crippen molar-refractivity contribution < 1.29 is 0 Å². The van der Waals surface area contributed by atoms with Gasteiger partial charge >= 0.3 is 0 Å². The summed E-state index contributed by atoms with van der Waals surface area (Å²) in [6.07, 6.45) is 2.37. The van der Waals surface area contributed by atoms with Gasteiger partial charge < -0.3 is 0 Å². The number of halogens is 1. The second kappa shape index (κ2) is 11.3. The van der Waals surface area contributed by atoms with Crippen LogP contribution in [-0.2, 0) is 5.41 Å². The van der Waals surface area contributed by atoms with E-state index in [1.54, 1.807) is 0 Å². The van der Waals surface area contributed by atoms with E-state index in [1.807, 2.05) is 0 Å². The Morgan fingerprint density at radius 1 is 0.367 bits per heavy atom. The summed E-state index contributed by atoms with van der Waals surface area (Å²) in [5.41, 5.74) is 17.5. The Bertz CT molecular complexity index is 2470. The molecule has 0 amide bonds. The summed E-state index contributed by atoms with van der Waals surface area (Å²) in [4.78, 5) is 5.46. The van der Waals surface area contributed by atoms with Crippen LogP contribution in [0.3, 0.4) is 0 Å². The number of benzene rings is 7. The maximum absolute atomic E-state index is 5.46. The highest BCUT2D eigenvalue weighted by Crippen LogP contribution is 2.62. The molecule has 2 aliphatic carbocycles. The Morgan fingerprint density at radius 2 is 0.878 bits per heavy atom. The van der Waals surface area contributed by atoms with E-state index in [-0.39, 0.29) is 5.41 Å². The van der Waals surface area contributed by atoms with E-state index in [2.05, 4.69) is 182 Å². The van der Waals surface area contributed by atoms with E-state index in [4.69, 9.17) is 4.99 Å². The van der Waals surface area contributed by atoms with Crippen LogP contribution >= 0.6 is 20.7 Å². The first kappa shape index (κ1) is 28.6. The van der Waals surface area contributed by atoms with E-state index in [9.17, 15) is 0 Å². The SMILES string of the molecule is C1=C(c2ccc3c(c2)C2(c4ccccc4-c4ccccc42)c2ccccc2-3)N=C(c2ccccc2)I=C1c1cccc(-c2ccccc2)c1. The molecule has 10 rings (SSSR count). The number of fused-ring (bicyclic) bond motifs is 10. The minimum atomic E-state index is -0.516. The van der Waals surface area contributed by atoms with E-state index < -0.39 is 20.7 Å². The standard InChI is InChI=1S/C47H30IN/c1-3-14-31(15-4-1)33-18-13-19-34(28-33)44-30-45(49-46(48-44)32-16-5-2-6-17-32)35-26-27-39-38-22-9-12-25-42(38)47(43(39)29-35)40-23-10-7-20-36(40)37-21-8-11-24-41(37)47/h1-30H. The summed E-state index contributed by atoms with van der Waals surface area (Å²) in [5, 5.41) is 0. The van der Waals surface area contributed by atoms with Crippen LogP contribution < -0.4 is 0 Å². The van der Waals surface area contributed by atoms with Gasteiger partial charge in [-0.25, -0.2) is 4.99 Å². The zero-order valence-corrected chi connectivity index (χ0v) is 28.8. The molecule has 1 nitrogen and oxygen atoms in total. The molecule has 0 N–H and O–H groups in total. The van der Waals surface area contributed by atoms with Crippen LogP contribution in [0.4, 0.5) is 0 Å². The Hall–Kier alpha value is -5.45. The molecule has 1 aliphatic heterocycles. The van der Waals surface area contributed by atoms with Gasteiger partial charge in [-0.05, 0) is 79.4 Å². The van der Waals surface area contributed by atoms with Crippen LogP contribution in [0.2, 0.25) is 0 Å². The number of hydrogen-bond acceptors (Lipinski definition) is 1. The quantitative estimate of drug-likeness (QED) is 0.160. The predicted octanol–water partition coefficient (Wildman–Crippen LogP) is 11.7. The number of nitrogens with zero attached hydrogens (tertiary/aromatic N) is 1. The summed E-state index contributed by atoms with van der Waals surface area (Å²) in [6, 6.07) is 64.6. The minimum Gasteiger partial charge on any atom is -0.242 e. The largest absolute Gasteiger partial charge is 0.242 e. The van der Waals surface area contributed by atoms with Crippen molar-refractivity contribution in [3.8, 4) is 33.4 Å². The third kappa shape index (κ3) is 4.37. The molecule has 0 saturated carbocycles. The van der Waals surface area contributed by atoms with Crippen molar-refractivity contribution in [2.75, 3.05) is 0 Å². The number of allylic oxidation sites excluding steroid dienone is 1. The zero-order chi connectivity index (χ0) is 32.4. The first-order valence-corrected chi connectivity index (χ1v) is 18.9. The van der Waals surface area contributed by atoms with Gasteiger partial charge in [0.1, 0.15) is 3.72 Å². The van der Waals surface area contributed by atoms with Crippen molar-refractivity contribution in [3.05, 3.63) is 221 Å². The lowest BCUT2D eigenvalue weighted by Crippen LogP contribution is -2.26. The molecule has 1 spiro atoms. The average molecular weight is 736 g/mol. The van der Waals surface area contributed by atoms with Gasteiger partial charge in [0.2, 0.25) is 0 Å². The average Bonchev–Trinajstić information content (AvgIpc) is 3.66. The lowest BCUT2D eigenvalue weighted by atomic mass is 9.70. The molecule has 3 aliphatic rings. The topological polar surface area (TPSA) is 12.4 Å². The molecule has 0 atom stereocenters. The minimum absolute atomic E-state index is 0.375. The smallest absolute Gasteiger partial charge is 0.104 e. The Kier molecular flexibility index (Phi) is 6.60. The number of hydrogen-bond donors (Lipinski definition) is 0. The molecule has 0 fully saturated rings. The Morgan fingerprint density at radius 3 is 1.51 bits per heavy atom. The van der Waals surface area contributed by atoms with Crippen LogP contribution in [-0.4, -0.2) is 7.23 Å². The van der Waals surface area contributed by atoms with Gasteiger partial charge in [0, 0.05) is 14.6 Å². The molecule has 7 aromatic carbocycles. The van der Waals surface area contributed by atoms with Crippen molar-refractivity contribution in [1.29, 1.82) is 0 Å². The molecule has 49 heavy (non-hydrogen) atoms. The van der Waals surface area contributed by atoms with Crippen molar-refractivity contribution in [2.24, 2.45) is 4.99 Å². The maximum Gasteiger partial charge on any atom is 0.104 e. The van der Waals surface area contributed by atoms with Crippen LogP contribution in [0.15, 0.2) is 187 Å². The highest BCUT2D eigenvalue weighted by Gasteiger charge is 2.51. The van der Waals surface area contributed by atoms with Gasteiger partial charge in [-0.15, -0.1) is 0 Å². The van der Waals surface area contributed by atoms with Gasteiger partial charge in [0.25, 0.3) is 0 Å². The first-order valence-electron chi connectivity index (χ1n) is 16.8. The predicted molar refractivity (Wildman–Crippen MR) is 214 cm³/mol. The molecule has 7 aromatic rings. The molecule has 0 radical (unpaired) electrons. The van der Waals surface area contributed by atoms with Gasteiger partial charge in [-0.1, -0.05) is 185 Å². The summed E-state index contributed by atoms with van der Waals surface area (Å²) in [6.45, 7) is 0.